The van der Waals surface area contributed by atoms with Crippen LogP contribution in [0.1, 0.15) is 190 Å². The van der Waals surface area contributed by atoms with E-state index in [-0.39, 0.29) is 22.9 Å². The Bertz CT molecular complexity index is 849. The maximum atomic E-state index is 8.29. The van der Waals surface area contributed by atoms with Crippen molar-refractivity contribution in [1.82, 2.24) is 0 Å². The first-order valence-corrected chi connectivity index (χ1v) is 28.6. The van der Waals surface area contributed by atoms with Crippen molar-refractivity contribution in [3.63, 3.8) is 0 Å². The molecule has 1 heterocycles. The predicted octanol–water partition coefficient (Wildman–Crippen LogP) is 12.0. The van der Waals surface area contributed by atoms with Gasteiger partial charge in [0.2, 0.25) is 0 Å². The van der Waals surface area contributed by atoms with Crippen molar-refractivity contribution in [2.45, 2.75) is 233 Å². The van der Waals surface area contributed by atoms with Gasteiger partial charge in [0.25, 0.3) is 0 Å². The average Bonchev–Trinajstić information content (AvgIpc) is 2.99. The van der Waals surface area contributed by atoms with Crippen molar-refractivity contribution in [1.29, 1.82) is 0 Å². The molecule has 1 fully saturated rings. The van der Waals surface area contributed by atoms with Crippen molar-refractivity contribution in [3.05, 3.63) is 0 Å². The lowest BCUT2D eigenvalue weighted by molar-refractivity contribution is 0.00953. The standard InChI is InChI=1S/C40H88O8Si4/c1-21-25-29-41-33(5)49(37(9,10)11)45-50(38(12,13)14,34(6)42-30-26-22-2)47-52(40(18,19)20,36(8)44-32-28-24-4)48-51(46-49,39(15,16)17)35(7)43-31-27-23-3/h33-36H,21-32H2,1-20H3. The monoisotopic (exact) mass is 809 g/mol. The Morgan fingerprint density at radius 1 is 0.346 bits per heavy atom. The van der Waals surface area contributed by atoms with Crippen LogP contribution in [0.5, 0.6) is 0 Å². The van der Waals surface area contributed by atoms with Crippen LogP contribution >= 0.6 is 0 Å². The van der Waals surface area contributed by atoms with Crippen LogP contribution in [0.15, 0.2) is 0 Å². The van der Waals surface area contributed by atoms with Crippen molar-refractivity contribution in [2.75, 3.05) is 26.4 Å². The molecule has 0 radical (unpaired) electrons. The van der Waals surface area contributed by atoms with Gasteiger partial charge in [-0.15, -0.1) is 0 Å². The molecule has 312 valence electrons. The van der Waals surface area contributed by atoms with Gasteiger partial charge in [0.15, 0.2) is 0 Å². The summed E-state index contributed by atoms with van der Waals surface area (Å²) >= 11 is 0. The zero-order chi connectivity index (χ0) is 40.5. The first kappa shape index (κ1) is 50.6. The minimum absolute atomic E-state index is 0.317. The Morgan fingerprint density at radius 3 is 0.615 bits per heavy atom. The van der Waals surface area contributed by atoms with Gasteiger partial charge in [-0.05, 0) is 53.4 Å². The molecule has 1 rings (SSSR count). The summed E-state index contributed by atoms with van der Waals surface area (Å²) in [5.74, 6) is 0. The fraction of sp³-hybridized carbons (Fsp3) is 1.00. The highest BCUT2D eigenvalue weighted by molar-refractivity contribution is 6.98. The molecule has 0 bridgehead atoms. The Balaban J connectivity index is 4.66. The molecule has 0 aromatic heterocycles. The van der Waals surface area contributed by atoms with Crippen LogP contribution in [0.4, 0.5) is 0 Å². The topological polar surface area (TPSA) is 73.8 Å². The third-order valence-electron chi connectivity index (χ3n) is 11.0. The average molecular weight is 809 g/mol. The highest BCUT2D eigenvalue weighted by atomic mass is 28.5. The van der Waals surface area contributed by atoms with Crippen LogP contribution in [-0.2, 0) is 35.4 Å². The second kappa shape index (κ2) is 20.3. The maximum absolute atomic E-state index is 8.29. The Hall–Kier alpha value is 0.548. The van der Waals surface area contributed by atoms with Gasteiger partial charge >= 0.3 is 34.2 Å². The molecule has 4 atom stereocenters. The van der Waals surface area contributed by atoms with E-state index < -0.39 is 54.4 Å². The lowest BCUT2D eigenvalue weighted by Crippen LogP contribution is -2.84. The molecule has 0 spiro atoms. The maximum Gasteiger partial charge on any atom is 0.355 e. The Morgan fingerprint density at radius 2 is 0.500 bits per heavy atom. The van der Waals surface area contributed by atoms with Crippen molar-refractivity contribution >= 4 is 34.2 Å². The molecular formula is C40H88O8Si4. The van der Waals surface area contributed by atoms with Crippen molar-refractivity contribution in [3.8, 4) is 0 Å². The van der Waals surface area contributed by atoms with E-state index in [2.05, 4.69) is 138 Å². The second-order valence-electron chi connectivity index (χ2n) is 19.5. The lowest BCUT2D eigenvalue weighted by atomic mass is 10.2. The fourth-order valence-corrected chi connectivity index (χ4v) is 38.1. The summed E-state index contributed by atoms with van der Waals surface area (Å²) in [4.78, 5) is 0. The molecule has 1 aliphatic rings. The molecule has 8 nitrogen and oxygen atoms in total. The van der Waals surface area contributed by atoms with E-state index in [4.69, 9.17) is 35.4 Å². The summed E-state index contributed by atoms with van der Waals surface area (Å²) in [5, 5.41) is -1.73. The quantitative estimate of drug-likeness (QED) is 0.0889. The summed E-state index contributed by atoms with van der Waals surface area (Å²) in [6.45, 7) is 47.5. The number of unbranched alkanes of at least 4 members (excludes halogenated alkanes) is 4. The molecular weight excluding hydrogens is 721 g/mol. The number of hydrogen-bond acceptors (Lipinski definition) is 8. The summed E-state index contributed by atoms with van der Waals surface area (Å²) < 4.78 is 60.8. The molecule has 1 saturated heterocycles. The number of hydrogen-bond donors (Lipinski definition) is 0. The zero-order valence-corrected chi connectivity index (χ0v) is 42.1. The molecule has 12 heteroatoms. The lowest BCUT2D eigenvalue weighted by Gasteiger charge is -2.65. The Kier molecular flexibility index (Phi) is 19.7. The fourth-order valence-electron chi connectivity index (χ4n) is 7.37. The summed E-state index contributed by atoms with van der Waals surface area (Å²) in [5.41, 5.74) is -1.27. The van der Waals surface area contributed by atoms with Crippen LogP contribution in [0.25, 0.3) is 0 Å². The normalized spacial score (nSPS) is 29.3. The first-order chi connectivity index (χ1) is 23.8. The van der Waals surface area contributed by atoms with Crippen LogP contribution in [-0.4, -0.2) is 83.6 Å². The van der Waals surface area contributed by atoms with Gasteiger partial charge in [0.05, 0.1) is 22.9 Å². The van der Waals surface area contributed by atoms with E-state index in [0.29, 0.717) is 26.4 Å². The molecule has 0 amide bonds. The van der Waals surface area contributed by atoms with Crippen LogP contribution in [0, 0.1) is 0 Å². The highest BCUT2D eigenvalue weighted by Crippen LogP contribution is 2.59. The highest BCUT2D eigenvalue weighted by Gasteiger charge is 2.77. The second-order valence-corrected chi connectivity index (χ2v) is 37.4. The minimum atomic E-state index is -3.55. The molecule has 0 saturated carbocycles. The number of rotatable bonds is 20. The predicted molar refractivity (Wildman–Crippen MR) is 228 cm³/mol. The molecule has 0 aliphatic carbocycles. The zero-order valence-electron chi connectivity index (χ0n) is 38.1. The summed E-state index contributed by atoms with van der Waals surface area (Å²) in [6, 6.07) is 0. The van der Waals surface area contributed by atoms with Crippen LogP contribution in [0.2, 0.25) is 20.2 Å². The van der Waals surface area contributed by atoms with Crippen LogP contribution < -0.4 is 0 Å². The van der Waals surface area contributed by atoms with Gasteiger partial charge < -0.3 is 35.4 Å². The molecule has 1 aliphatic heterocycles. The van der Waals surface area contributed by atoms with Gasteiger partial charge in [-0.3, -0.25) is 0 Å². The molecule has 0 N–H and O–H groups in total. The van der Waals surface area contributed by atoms with E-state index in [1.807, 2.05) is 0 Å². The summed E-state index contributed by atoms with van der Waals surface area (Å²) in [7, 11) is -14.2. The van der Waals surface area contributed by atoms with Gasteiger partial charge in [0.1, 0.15) is 0 Å². The van der Waals surface area contributed by atoms with Crippen molar-refractivity contribution in [2.24, 2.45) is 0 Å². The van der Waals surface area contributed by atoms with Gasteiger partial charge in [-0.25, -0.2) is 0 Å². The third-order valence-corrected chi connectivity index (χ3v) is 34.0. The first-order valence-electron chi connectivity index (χ1n) is 21.0. The van der Waals surface area contributed by atoms with Crippen molar-refractivity contribution < 1.29 is 35.4 Å². The summed E-state index contributed by atoms with van der Waals surface area (Å²) in [6.07, 6.45) is 8.06. The molecule has 0 aromatic carbocycles. The largest absolute Gasteiger partial charge is 0.412 e. The molecule has 4 unspecified atom stereocenters. The molecule has 52 heavy (non-hydrogen) atoms. The van der Waals surface area contributed by atoms with E-state index in [1.165, 1.54) is 0 Å². The van der Waals surface area contributed by atoms with Gasteiger partial charge in [-0.2, -0.15) is 0 Å². The minimum Gasteiger partial charge on any atom is -0.412 e. The van der Waals surface area contributed by atoms with Gasteiger partial charge in [0, 0.05) is 46.6 Å². The van der Waals surface area contributed by atoms with E-state index in [1.54, 1.807) is 0 Å². The third kappa shape index (κ3) is 11.4. The smallest absolute Gasteiger partial charge is 0.355 e. The SMILES string of the molecule is CCCCOC(C)[Si]1(C(C)(C)C)O[Si](C(C)OCCCC)(C(C)(C)C)O[Si](C(C)OCCCC)(C(C)(C)C)O[Si](C(C)OCCCC)(C(C)(C)C)O1. The van der Waals surface area contributed by atoms with Gasteiger partial charge in [-0.1, -0.05) is 136 Å². The van der Waals surface area contributed by atoms with E-state index in [0.717, 1.165) is 51.4 Å². The Labute approximate surface area is 327 Å². The number of ether oxygens (including phenoxy) is 4. The van der Waals surface area contributed by atoms with Crippen LogP contribution in [0.3, 0.4) is 0 Å². The van der Waals surface area contributed by atoms with E-state index >= 15 is 0 Å². The van der Waals surface area contributed by atoms with E-state index in [9.17, 15) is 0 Å². The molecule has 0 aromatic rings.